The number of rotatable bonds is 7. The molecule has 2 rings (SSSR count). The van der Waals surface area contributed by atoms with Crippen molar-refractivity contribution in [2.24, 2.45) is 11.7 Å². The van der Waals surface area contributed by atoms with E-state index in [4.69, 9.17) is 10.5 Å². The van der Waals surface area contributed by atoms with Crippen molar-refractivity contribution in [2.45, 2.75) is 19.9 Å². The summed E-state index contributed by atoms with van der Waals surface area (Å²) in [7, 11) is 0. The maximum Gasteiger partial charge on any atom is 0.253 e. The van der Waals surface area contributed by atoms with Crippen LogP contribution in [0, 0.1) is 5.92 Å². The average Bonchev–Trinajstić information content (AvgIpc) is 2.58. The van der Waals surface area contributed by atoms with E-state index in [9.17, 15) is 9.59 Å². The zero-order chi connectivity index (χ0) is 17.5. The molecule has 1 heterocycles. The Morgan fingerprint density at radius 2 is 1.88 bits per heavy atom. The predicted molar refractivity (Wildman–Crippen MR) is 90.4 cm³/mol. The molecule has 0 unspecified atom stereocenters. The Kier molecular flexibility index (Phi) is 5.89. The Balaban J connectivity index is 2.06. The molecule has 0 radical (unpaired) electrons. The van der Waals surface area contributed by atoms with Gasteiger partial charge in [-0.1, -0.05) is 44.2 Å². The van der Waals surface area contributed by atoms with Crippen LogP contribution in [0.15, 0.2) is 48.7 Å². The topological polar surface area (TPSA) is 94.3 Å². The summed E-state index contributed by atoms with van der Waals surface area (Å²) < 4.78 is 5.47. The van der Waals surface area contributed by atoms with Gasteiger partial charge in [0.25, 0.3) is 5.91 Å². The fourth-order valence-electron chi connectivity index (χ4n) is 2.03. The van der Waals surface area contributed by atoms with Crippen molar-refractivity contribution in [1.29, 1.82) is 0 Å². The standard InChI is InChI=1S/C18H21N3O3/c1-12(2)11-24-15-9-8-14(10-20-15)18(23)21-16(17(19)22)13-6-4-3-5-7-13/h3-10,12,16H,11H2,1-2H3,(H2,19,22)(H,21,23)/t16-/m0/s1. The number of primary amides is 1. The first-order chi connectivity index (χ1) is 11.5. The van der Waals surface area contributed by atoms with Gasteiger partial charge in [-0.15, -0.1) is 0 Å². The second-order valence-electron chi connectivity index (χ2n) is 5.81. The number of hydrogen-bond donors (Lipinski definition) is 2. The molecule has 24 heavy (non-hydrogen) atoms. The van der Waals surface area contributed by atoms with E-state index in [1.54, 1.807) is 36.4 Å². The van der Waals surface area contributed by atoms with Gasteiger partial charge in [-0.3, -0.25) is 9.59 Å². The third kappa shape index (κ3) is 4.81. The number of aromatic nitrogens is 1. The highest BCUT2D eigenvalue weighted by Crippen LogP contribution is 2.14. The Morgan fingerprint density at radius 1 is 1.17 bits per heavy atom. The third-order valence-electron chi connectivity index (χ3n) is 3.26. The molecular formula is C18H21N3O3. The number of carbonyl (C=O) groups is 2. The van der Waals surface area contributed by atoms with Crippen molar-refractivity contribution in [3.8, 4) is 5.88 Å². The van der Waals surface area contributed by atoms with Gasteiger partial charge < -0.3 is 15.8 Å². The summed E-state index contributed by atoms with van der Waals surface area (Å²) in [6, 6.07) is 11.2. The normalized spacial score (nSPS) is 11.8. The molecule has 0 saturated heterocycles. The van der Waals surface area contributed by atoms with Gasteiger partial charge in [0.15, 0.2) is 0 Å². The molecule has 0 aliphatic carbocycles. The lowest BCUT2D eigenvalue weighted by molar-refractivity contribution is -0.120. The molecule has 0 spiro atoms. The van der Waals surface area contributed by atoms with Crippen LogP contribution < -0.4 is 15.8 Å². The molecule has 1 atom stereocenters. The number of pyridine rings is 1. The van der Waals surface area contributed by atoms with Crippen LogP contribution in [-0.2, 0) is 4.79 Å². The molecule has 0 aliphatic heterocycles. The molecule has 0 fully saturated rings. The van der Waals surface area contributed by atoms with Crippen LogP contribution in [-0.4, -0.2) is 23.4 Å². The number of benzene rings is 1. The van der Waals surface area contributed by atoms with Crippen molar-refractivity contribution in [3.63, 3.8) is 0 Å². The molecule has 1 aromatic heterocycles. The quantitative estimate of drug-likeness (QED) is 0.814. The lowest BCUT2D eigenvalue weighted by Crippen LogP contribution is -2.37. The predicted octanol–water partition coefficient (Wildman–Crippen LogP) is 2.07. The van der Waals surface area contributed by atoms with E-state index in [1.165, 1.54) is 6.20 Å². The zero-order valence-corrected chi connectivity index (χ0v) is 13.7. The average molecular weight is 327 g/mol. The lowest BCUT2D eigenvalue weighted by Gasteiger charge is -2.16. The zero-order valence-electron chi connectivity index (χ0n) is 13.7. The van der Waals surface area contributed by atoms with E-state index in [0.717, 1.165) is 0 Å². The summed E-state index contributed by atoms with van der Waals surface area (Å²) in [5.41, 5.74) is 6.35. The van der Waals surface area contributed by atoms with Crippen molar-refractivity contribution >= 4 is 11.8 Å². The first-order valence-corrected chi connectivity index (χ1v) is 7.71. The highest BCUT2D eigenvalue weighted by Gasteiger charge is 2.20. The monoisotopic (exact) mass is 327 g/mol. The van der Waals surface area contributed by atoms with Gasteiger partial charge in [0.1, 0.15) is 6.04 Å². The Labute approximate surface area is 141 Å². The molecule has 2 amide bonds. The number of nitrogens with zero attached hydrogens (tertiary/aromatic N) is 1. The largest absolute Gasteiger partial charge is 0.477 e. The highest BCUT2D eigenvalue weighted by atomic mass is 16.5. The second kappa shape index (κ2) is 8.10. The minimum Gasteiger partial charge on any atom is -0.477 e. The van der Waals surface area contributed by atoms with Gasteiger partial charge in [0.2, 0.25) is 11.8 Å². The van der Waals surface area contributed by atoms with Crippen molar-refractivity contribution in [1.82, 2.24) is 10.3 Å². The summed E-state index contributed by atoms with van der Waals surface area (Å²) in [5, 5.41) is 2.62. The van der Waals surface area contributed by atoms with Crippen LogP contribution in [0.3, 0.4) is 0 Å². The first-order valence-electron chi connectivity index (χ1n) is 7.71. The summed E-state index contributed by atoms with van der Waals surface area (Å²) in [6.45, 7) is 4.63. The molecular weight excluding hydrogens is 306 g/mol. The van der Waals surface area contributed by atoms with Gasteiger partial charge in [-0.05, 0) is 17.5 Å². The van der Waals surface area contributed by atoms with Crippen LogP contribution >= 0.6 is 0 Å². The summed E-state index contributed by atoms with van der Waals surface area (Å²) in [4.78, 5) is 28.0. The highest BCUT2D eigenvalue weighted by molar-refractivity contribution is 5.97. The molecule has 0 saturated carbocycles. The molecule has 126 valence electrons. The van der Waals surface area contributed by atoms with Gasteiger partial charge in [-0.25, -0.2) is 4.98 Å². The van der Waals surface area contributed by atoms with E-state index in [0.29, 0.717) is 29.5 Å². The van der Waals surface area contributed by atoms with Gasteiger partial charge in [-0.2, -0.15) is 0 Å². The van der Waals surface area contributed by atoms with Crippen molar-refractivity contribution in [2.75, 3.05) is 6.61 Å². The summed E-state index contributed by atoms with van der Waals surface area (Å²) in [5.74, 6) is -0.211. The molecule has 0 aliphatic rings. The van der Waals surface area contributed by atoms with E-state index >= 15 is 0 Å². The molecule has 0 bridgehead atoms. The summed E-state index contributed by atoms with van der Waals surface area (Å²) >= 11 is 0. The van der Waals surface area contributed by atoms with E-state index in [1.807, 2.05) is 19.9 Å². The van der Waals surface area contributed by atoms with Gasteiger partial charge in [0, 0.05) is 12.3 Å². The van der Waals surface area contributed by atoms with Crippen molar-refractivity contribution in [3.05, 3.63) is 59.8 Å². The fraction of sp³-hybridized carbons (Fsp3) is 0.278. The number of ether oxygens (including phenoxy) is 1. The second-order valence-corrected chi connectivity index (χ2v) is 5.81. The van der Waals surface area contributed by atoms with Gasteiger partial charge in [0.05, 0.1) is 12.2 Å². The Bertz CT molecular complexity index is 684. The van der Waals surface area contributed by atoms with Crippen LogP contribution in [0.1, 0.15) is 35.8 Å². The number of carbonyl (C=O) groups excluding carboxylic acids is 2. The minimum atomic E-state index is -0.893. The molecule has 6 heteroatoms. The lowest BCUT2D eigenvalue weighted by atomic mass is 10.1. The maximum atomic E-state index is 12.3. The number of hydrogen-bond acceptors (Lipinski definition) is 4. The minimum absolute atomic E-state index is 0.328. The SMILES string of the molecule is CC(C)COc1ccc(C(=O)N[C@H](C(N)=O)c2ccccc2)cn1. The van der Waals surface area contributed by atoms with Gasteiger partial charge >= 0.3 is 0 Å². The number of nitrogens with one attached hydrogen (secondary N) is 1. The van der Waals surface area contributed by atoms with Crippen LogP contribution in [0.2, 0.25) is 0 Å². The summed E-state index contributed by atoms with van der Waals surface area (Å²) in [6.07, 6.45) is 1.41. The number of nitrogens with two attached hydrogens (primary N) is 1. The molecule has 3 N–H and O–H groups in total. The maximum absolute atomic E-state index is 12.3. The molecule has 6 nitrogen and oxygen atoms in total. The van der Waals surface area contributed by atoms with E-state index in [-0.39, 0.29) is 0 Å². The van der Waals surface area contributed by atoms with Crippen LogP contribution in [0.25, 0.3) is 0 Å². The Hall–Kier alpha value is -2.89. The van der Waals surface area contributed by atoms with Crippen LogP contribution in [0.4, 0.5) is 0 Å². The number of amides is 2. The smallest absolute Gasteiger partial charge is 0.253 e. The molecule has 2 aromatic rings. The third-order valence-corrected chi connectivity index (χ3v) is 3.26. The fourth-order valence-corrected chi connectivity index (χ4v) is 2.03. The Morgan fingerprint density at radius 3 is 2.42 bits per heavy atom. The molecule has 1 aromatic carbocycles. The van der Waals surface area contributed by atoms with E-state index < -0.39 is 17.9 Å². The van der Waals surface area contributed by atoms with E-state index in [2.05, 4.69) is 10.3 Å². The first kappa shape index (κ1) is 17.5. The van der Waals surface area contributed by atoms with Crippen molar-refractivity contribution < 1.29 is 14.3 Å². The van der Waals surface area contributed by atoms with Crippen LogP contribution in [0.5, 0.6) is 5.88 Å².